The van der Waals surface area contributed by atoms with Crippen LogP contribution in [0.3, 0.4) is 0 Å². The van der Waals surface area contributed by atoms with Gasteiger partial charge in [0, 0.05) is 5.56 Å². The Bertz CT molecular complexity index is 1390. The molecule has 0 fully saturated rings. The molecule has 0 aliphatic heterocycles. The third-order valence-corrected chi connectivity index (χ3v) is 8.82. The summed E-state index contributed by atoms with van der Waals surface area (Å²) < 4.78 is 31.3. The molecule has 1 heterocycles. The minimum atomic E-state index is -4.65. The monoisotopic (exact) mass is 609 g/mol. The highest BCUT2D eigenvalue weighted by molar-refractivity contribution is 7.46. The summed E-state index contributed by atoms with van der Waals surface area (Å²) in [6.45, 7) is 3.56. The average molecular weight is 610 g/mol. The van der Waals surface area contributed by atoms with Crippen molar-refractivity contribution < 1.29 is 27.8 Å². The van der Waals surface area contributed by atoms with Crippen molar-refractivity contribution in [3.05, 3.63) is 83.3 Å². The Morgan fingerprint density at radius 1 is 0.738 bits per heavy atom. The predicted molar refractivity (Wildman–Crippen MR) is 169 cm³/mol. The minimum absolute atomic E-state index is 0.198. The van der Waals surface area contributed by atoms with Gasteiger partial charge in [-0.3, -0.25) is 0 Å². The number of unbranched alkanes of at least 4 members (excludes halogenated alkanes) is 11. The lowest BCUT2D eigenvalue weighted by atomic mass is 10.1. The van der Waals surface area contributed by atoms with E-state index in [1.165, 1.54) is 70.6 Å². The molecule has 1 aromatic heterocycles. The molecule has 0 aliphatic carbocycles. The van der Waals surface area contributed by atoms with E-state index < -0.39 is 7.82 Å². The summed E-state index contributed by atoms with van der Waals surface area (Å²) >= 11 is 1.60. The molecule has 8 heteroatoms. The lowest BCUT2D eigenvalue weighted by Crippen LogP contribution is -2.30. The summed E-state index contributed by atoms with van der Waals surface area (Å²) in [5, 5.41) is 3.80. The van der Waals surface area contributed by atoms with Crippen LogP contribution in [0.25, 0.3) is 10.8 Å². The maximum Gasteiger partial charge on any atom is 0.372 e. The second-order valence-corrected chi connectivity index (χ2v) is 12.9. The van der Waals surface area contributed by atoms with E-state index in [-0.39, 0.29) is 11.5 Å². The van der Waals surface area contributed by atoms with Gasteiger partial charge >= 0.3 is 7.82 Å². The minimum Gasteiger partial charge on any atom is -0.736 e. The molecule has 0 spiro atoms. The Hall–Kier alpha value is -2.86. The van der Waals surface area contributed by atoms with Gasteiger partial charge in [0.05, 0.1) is 12.0 Å². The number of rotatable bonds is 20. The molecule has 0 saturated carbocycles. The van der Waals surface area contributed by atoms with Crippen LogP contribution in [0, 0.1) is 0 Å². The molecule has 0 radical (unpaired) electrons. The molecule has 6 nitrogen and oxygen atoms in total. The van der Waals surface area contributed by atoms with E-state index in [2.05, 4.69) is 6.92 Å². The maximum atomic E-state index is 12.7. The fourth-order valence-corrected chi connectivity index (χ4v) is 6.40. The van der Waals surface area contributed by atoms with Crippen molar-refractivity contribution in [2.24, 2.45) is 0 Å². The Morgan fingerprint density at radius 3 is 2.02 bits per heavy atom. The molecule has 3 aromatic carbocycles. The fourth-order valence-electron chi connectivity index (χ4n) is 5.02. The summed E-state index contributed by atoms with van der Waals surface area (Å²) in [4.78, 5) is 12.7. The zero-order chi connectivity index (χ0) is 29.5. The van der Waals surface area contributed by atoms with Gasteiger partial charge in [-0.1, -0.05) is 113 Å². The molecule has 42 heavy (non-hydrogen) atoms. The van der Waals surface area contributed by atoms with Gasteiger partial charge in [0.25, 0.3) is 0 Å². The van der Waals surface area contributed by atoms with E-state index in [4.69, 9.17) is 13.8 Å². The lowest BCUT2D eigenvalue weighted by molar-refractivity contribution is -0.683. The highest BCUT2D eigenvalue weighted by atomic mass is 32.1. The van der Waals surface area contributed by atoms with Crippen LogP contribution in [-0.4, -0.2) is 6.61 Å². The van der Waals surface area contributed by atoms with Gasteiger partial charge in [0.2, 0.25) is 5.51 Å². The average Bonchev–Trinajstić information content (AvgIpc) is 3.48. The standard InChI is InChI=1S/C34H44NO5PS/c1-2-3-4-5-6-7-8-9-10-11-12-13-22-38-32-19-17-30-18-20-34(26-31(30)25-32)40-41(36,37)39-33-16-14-15-29(24-33)27-35-21-23-42-28-35/h14-21,23-26,28H,2-13,22,27H2,1H3. The van der Waals surface area contributed by atoms with Crippen LogP contribution in [0.2, 0.25) is 0 Å². The van der Waals surface area contributed by atoms with Crippen LogP contribution < -0.4 is 23.2 Å². The molecule has 0 amide bonds. The van der Waals surface area contributed by atoms with Gasteiger partial charge < -0.3 is 18.7 Å². The summed E-state index contributed by atoms with van der Waals surface area (Å²) in [7, 11) is -4.65. The number of hydrogen-bond donors (Lipinski definition) is 0. The third-order valence-electron chi connectivity index (χ3n) is 7.27. The van der Waals surface area contributed by atoms with Gasteiger partial charge in [0.1, 0.15) is 17.2 Å². The number of hydrogen-bond acceptors (Lipinski definition) is 6. The first-order chi connectivity index (χ1) is 20.5. The maximum absolute atomic E-state index is 12.7. The molecule has 0 N–H and O–H groups in total. The molecule has 0 saturated heterocycles. The van der Waals surface area contributed by atoms with E-state index in [9.17, 15) is 9.46 Å². The van der Waals surface area contributed by atoms with Crippen LogP contribution in [0.4, 0.5) is 0 Å². The SMILES string of the molecule is CCCCCCCCCCCCCCOc1ccc2ccc(OP(=O)([O-])Oc3cccc(C[n+]4ccsc4)c3)cc2c1. The number of phosphoric acid groups is 1. The molecule has 4 aromatic rings. The Labute approximate surface area is 254 Å². The fraction of sp³-hybridized carbons (Fsp3) is 0.441. The second kappa shape index (κ2) is 17.3. The van der Waals surface area contributed by atoms with Crippen molar-refractivity contribution in [1.82, 2.24) is 0 Å². The Kier molecular flexibility index (Phi) is 13.2. The first-order valence-corrected chi connectivity index (χ1v) is 17.8. The molecule has 226 valence electrons. The first kappa shape index (κ1) is 32.1. The van der Waals surface area contributed by atoms with Crippen molar-refractivity contribution in [3.63, 3.8) is 0 Å². The first-order valence-electron chi connectivity index (χ1n) is 15.4. The van der Waals surface area contributed by atoms with Crippen LogP contribution in [0.1, 0.15) is 89.5 Å². The Balaban J connectivity index is 1.19. The van der Waals surface area contributed by atoms with E-state index in [1.54, 1.807) is 41.7 Å². The smallest absolute Gasteiger partial charge is 0.372 e. The van der Waals surface area contributed by atoms with Gasteiger partial charge in [-0.15, -0.1) is 0 Å². The number of aromatic nitrogens is 1. The second-order valence-electron chi connectivity index (χ2n) is 10.9. The lowest BCUT2D eigenvalue weighted by Gasteiger charge is -2.24. The number of phosphoric ester groups is 1. The van der Waals surface area contributed by atoms with Crippen molar-refractivity contribution in [2.75, 3.05) is 6.61 Å². The molecular formula is C34H44NO5PS. The van der Waals surface area contributed by atoms with Crippen molar-refractivity contribution in [2.45, 2.75) is 90.5 Å². The highest BCUT2D eigenvalue weighted by Crippen LogP contribution is 2.41. The zero-order valence-corrected chi connectivity index (χ0v) is 26.5. The molecule has 0 bridgehead atoms. The van der Waals surface area contributed by atoms with E-state index in [1.807, 2.05) is 52.0 Å². The van der Waals surface area contributed by atoms with E-state index >= 15 is 0 Å². The number of ether oxygens (including phenoxy) is 1. The van der Waals surface area contributed by atoms with Crippen LogP contribution in [0.5, 0.6) is 17.2 Å². The topological polar surface area (TPSA) is 71.7 Å². The Morgan fingerprint density at radius 2 is 1.36 bits per heavy atom. The highest BCUT2D eigenvalue weighted by Gasteiger charge is 2.15. The zero-order valence-electron chi connectivity index (χ0n) is 24.7. The van der Waals surface area contributed by atoms with Gasteiger partial charge in [-0.05, 0) is 53.6 Å². The number of benzene rings is 3. The third kappa shape index (κ3) is 11.4. The quantitative estimate of drug-likeness (QED) is 0.0567. The van der Waals surface area contributed by atoms with Gasteiger partial charge in [0.15, 0.2) is 12.7 Å². The van der Waals surface area contributed by atoms with Crippen LogP contribution in [0.15, 0.2) is 77.8 Å². The molecule has 1 atom stereocenters. The molecule has 1 unspecified atom stereocenters. The van der Waals surface area contributed by atoms with Crippen molar-refractivity contribution >= 4 is 29.9 Å². The summed E-state index contributed by atoms with van der Waals surface area (Å²) in [5.41, 5.74) is 2.92. The summed E-state index contributed by atoms with van der Waals surface area (Å²) in [5.74, 6) is 1.18. The van der Waals surface area contributed by atoms with Crippen LogP contribution in [-0.2, 0) is 11.1 Å². The van der Waals surface area contributed by atoms with Gasteiger partial charge in [-0.25, -0.2) is 4.57 Å². The van der Waals surface area contributed by atoms with E-state index in [0.29, 0.717) is 13.2 Å². The number of thiazole rings is 1. The summed E-state index contributed by atoms with van der Waals surface area (Å²) in [6.07, 6.45) is 17.7. The number of fused-ring (bicyclic) bond motifs is 1. The normalized spacial score (nSPS) is 12.7. The van der Waals surface area contributed by atoms with Crippen molar-refractivity contribution in [1.29, 1.82) is 0 Å². The van der Waals surface area contributed by atoms with E-state index in [0.717, 1.165) is 28.5 Å². The molecular weight excluding hydrogens is 565 g/mol. The molecule has 4 rings (SSSR count). The largest absolute Gasteiger partial charge is 0.736 e. The summed E-state index contributed by atoms with van der Waals surface area (Å²) in [6, 6.07) is 18.0. The van der Waals surface area contributed by atoms with Crippen molar-refractivity contribution in [3.8, 4) is 17.2 Å². The number of nitrogens with zero attached hydrogens (tertiary/aromatic N) is 1. The van der Waals surface area contributed by atoms with Gasteiger partial charge in [-0.2, -0.15) is 4.57 Å². The van der Waals surface area contributed by atoms with Crippen LogP contribution >= 0.6 is 19.2 Å². The molecule has 0 aliphatic rings. The predicted octanol–water partition coefficient (Wildman–Crippen LogP) is 9.24.